The molecule has 9 heteroatoms. The maximum atomic E-state index is 10.9. The maximum absolute atomic E-state index is 10.9. The van der Waals surface area contributed by atoms with Gasteiger partial charge in [0.1, 0.15) is 0 Å². The van der Waals surface area contributed by atoms with E-state index < -0.39 is 8.80 Å². The van der Waals surface area contributed by atoms with Gasteiger partial charge >= 0.3 is 8.80 Å². The zero-order chi connectivity index (χ0) is 19.3. The topological polar surface area (TPSA) is 65.1 Å². The zero-order valence-corrected chi connectivity index (χ0v) is 18.2. The fourth-order valence-electron chi connectivity index (χ4n) is 2.94. The van der Waals surface area contributed by atoms with Crippen molar-refractivity contribution in [3.05, 3.63) is 0 Å². The van der Waals surface area contributed by atoms with E-state index in [0.29, 0.717) is 25.7 Å². The molecule has 0 spiro atoms. The van der Waals surface area contributed by atoms with Crippen molar-refractivity contribution in [1.29, 1.82) is 0 Å². The van der Waals surface area contributed by atoms with Gasteiger partial charge in [-0.1, -0.05) is 6.92 Å². The molecular weight excluding hydrogens is 385 g/mol. The van der Waals surface area contributed by atoms with Gasteiger partial charge in [0.2, 0.25) is 10.5 Å². The third-order valence-electron chi connectivity index (χ3n) is 4.34. The van der Waals surface area contributed by atoms with Crippen molar-refractivity contribution in [2.75, 3.05) is 41.0 Å². The van der Waals surface area contributed by atoms with Gasteiger partial charge in [-0.05, 0) is 68.5 Å². The van der Waals surface area contributed by atoms with E-state index in [1.807, 2.05) is 0 Å². The Morgan fingerprint density at radius 2 is 1.36 bits per heavy atom. The van der Waals surface area contributed by atoms with E-state index >= 15 is 0 Å². The predicted molar refractivity (Wildman–Crippen MR) is 102 cm³/mol. The molecular formula is C16H31Cl2NO5Si. The monoisotopic (exact) mass is 415 g/mol. The van der Waals surface area contributed by atoms with Gasteiger partial charge in [-0.15, -0.1) is 0 Å². The normalized spacial score (nSPS) is 13.2. The molecule has 148 valence electrons. The van der Waals surface area contributed by atoms with Crippen LogP contribution in [0.5, 0.6) is 0 Å². The van der Waals surface area contributed by atoms with Gasteiger partial charge in [0.05, 0.1) is 0 Å². The molecule has 0 rings (SSSR count). The van der Waals surface area contributed by atoms with E-state index in [1.165, 1.54) is 0 Å². The first-order valence-corrected chi connectivity index (χ1v) is 11.1. The van der Waals surface area contributed by atoms with E-state index in [9.17, 15) is 9.59 Å². The predicted octanol–water partition coefficient (Wildman–Crippen LogP) is 3.43. The van der Waals surface area contributed by atoms with Gasteiger partial charge in [0, 0.05) is 39.7 Å². The molecule has 0 N–H and O–H groups in total. The number of rotatable bonds is 16. The molecule has 0 amide bonds. The van der Waals surface area contributed by atoms with E-state index in [2.05, 4.69) is 11.8 Å². The Morgan fingerprint density at radius 3 is 1.68 bits per heavy atom. The Balaban J connectivity index is 4.71. The summed E-state index contributed by atoms with van der Waals surface area (Å²) < 4.78 is 16.8. The molecule has 0 saturated heterocycles. The van der Waals surface area contributed by atoms with Gasteiger partial charge in [0.25, 0.3) is 0 Å². The Hall–Kier alpha value is -0.0231. The molecule has 0 aromatic heterocycles. The number of hydrogen-bond donors (Lipinski definition) is 0. The highest BCUT2D eigenvalue weighted by Gasteiger charge is 2.45. The summed E-state index contributed by atoms with van der Waals surface area (Å²) in [5, 5.41) is -0.654. The number of carbonyl (C=O) groups is 2. The molecule has 0 aliphatic carbocycles. The van der Waals surface area contributed by atoms with Gasteiger partial charge in [-0.2, -0.15) is 0 Å². The summed E-state index contributed by atoms with van der Waals surface area (Å²) in [6, 6.07) is 0. The number of hydrogen-bond acceptors (Lipinski definition) is 6. The molecule has 1 unspecified atom stereocenters. The van der Waals surface area contributed by atoms with Crippen LogP contribution in [0.3, 0.4) is 0 Å². The van der Waals surface area contributed by atoms with Crippen LogP contribution in [0, 0.1) is 0 Å². The third-order valence-corrected chi connectivity index (χ3v) is 8.12. The van der Waals surface area contributed by atoms with Crippen molar-refractivity contribution in [3.8, 4) is 0 Å². The highest BCUT2D eigenvalue weighted by molar-refractivity contribution is 6.63. The second kappa shape index (κ2) is 14.1. The average molecular weight is 416 g/mol. The second-order valence-corrected chi connectivity index (χ2v) is 9.96. The van der Waals surface area contributed by atoms with Crippen LogP contribution in [0.25, 0.3) is 0 Å². The van der Waals surface area contributed by atoms with E-state index in [4.69, 9.17) is 36.5 Å². The van der Waals surface area contributed by atoms with Crippen LogP contribution in [0.4, 0.5) is 0 Å². The largest absolute Gasteiger partial charge is 0.503 e. The van der Waals surface area contributed by atoms with Crippen LogP contribution in [0.15, 0.2) is 0 Å². The van der Waals surface area contributed by atoms with Gasteiger partial charge in [-0.3, -0.25) is 9.59 Å². The molecule has 0 bridgehead atoms. The molecule has 0 fully saturated rings. The lowest BCUT2D eigenvalue weighted by molar-refractivity contribution is -0.112. The summed E-state index contributed by atoms with van der Waals surface area (Å²) in [5.74, 6) is 0. The minimum absolute atomic E-state index is 0.180. The molecule has 0 aliphatic rings. The Bertz CT molecular complexity index is 368. The highest BCUT2D eigenvalue weighted by Crippen LogP contribution is 2.31. The summed E-state index contributed by atoms with van der Waals surface area (Å²) in [6.07, 6.45) is 3.80. The summed E-state index contributed by atoms with van der Waals surface area (Å²) >= 11 is 10.8. The van der Waals surface area contributed by atoms with Gasteiger partial charge < -0.3 is 18.2 Å². The summed E-state index contributed by atoms with van der Waals surface area (Å²) in [4.78, 5) is 24.1. The highest BCUT2D eigenvalue weighted by atomic mass is 35.5. The maximum Gasteiger partial charge on any atom is 0.503 e. The summed E-state index contributed by atoms with van der Waals surface area (Å²) in [6.45, 7) is 4.38. The lowest BCUT2D eigenvalue weighted by Crippen LogP contribution is -2.48. The number of halogens is 2. The molecule has 0 saturated carbocycles. The number of carbonyl (C=O) groups excluding carboxylic acids is 2. The van der Waals surface area contributed by atoms with Crippen molar-refractivity contribution in [2.24, 2.45) is 0 Å². The fourth-order valence-corrected chi connectivity index (χ4v) is 5.69. The summed E-state index contributed by atoms with van der Waals surface area (Å²) in [7, 11) is 2.18. The minimum atomic E-state index is -2.69. The van der Waals surface area contributed by atoms with Crippen LogP contribution >= 0.6 is 23.2 Å². The van der Waals surface area contributed by atoms with E-state index in [1.54, 1.807) is 21.3 Å². The van der Waals surface area contributed by atoms with Crippen molar-refractivity contribution < 1.29 is 22.9 Å². The van der Waals surface area contributed by atoms with E-state index in [-0.39, 0.29) is 16.0 Å². The molecule has 0 aliphatic heterocycles. The van der Waals surface area contributed by atoms with Crippen LogP contribution < -0.4 is 0 Å². The van der Waals surface area contributed by atoms with Crippen molar-refractivity contribution >= 4 is 42.5 Å². The Kier molecular flexibility index (Phi) is 14.1. The Labute approximate surface area is 162 Å². The average Bonchev–Trinajstić information content (AvgIpc) is 2.57. The van der Waals surface area contributed by atoms with Crippen LogP contribution in [-0.2, 0) is 22.9 Å². The van der Waals surface area contributed by atoms with Crippen molar-refractivity contribution in [3.63, 3.8) is 0 Å². The number of nitrogens with zero attached hydrogens (tertiary/aromatic N) is 1. The van der Waals surface area contributed by atoms with Crippen molar-refractivity contribution in [2.45, 2.75) is 51.0 Å². The first kappa shape index (κ1) is 25.0. The van der Waals surface area contributed by atoms with E-state index in [0.717, 1.165) is 32.5 Å². The zero-order valence-electron chi connectivity index (χ0n) is 15.7. The SMILES string of the molecule is CCC(CCN(CCCC(=O)Cl)CCCC(=O)Cl)[Si](OC)(OC)OC. The van der Waals surface area contributed by atoms with Crippen LogP contribution in [-0.4, -0.2) is 65.2 Å². The molecule has 0 aromatic carbocycles. The fraction of sp³-hybridized carbons (Fsp3) is 0.875. The smallest absolute Gasteiger partial charge is 0.377 e. The Morgan fingerprint density at radius 1 is 0.920 bits per heavy atom. The van der Waals surface area contributed by atoms with Crippen LogP contribution in [0.2, 0.25) is 5.54 Å². The molecule has 25 heavy (non-hydrogen) atoms. The quantitative estimate of drug-likeness (QED) is 0.284. The molecule has 0 radical (unpaired) electrons. The van der Waals surface area contributed by atoms with Gasteiger partial charge in [-0.25, -0.2) is 0 Å². The second-order valence-electron chi connectivity index (χ2n) is 5.87. The summed E-state index contributed by atoms with van der Waals surface area (Å²) in [5.41, 5.74) is 0.180. The first-order chi connectivity index (χ1) is 11.8. The minimum Gasteiger partial charge on any atom is -0.377 e. The molecule has 6 nitrogen and oxygen atoms in total. The lowest BCUT2D eigenvalue weighted by atomic mass is 10.2. The first-order valence-electron chi connectivity index (χ1n) is 8.59. The molecule has 0 aromatic rings. The van der Waals surface area contributed by atoms with Gasteiger partial charge in [0.15, 0.2) is 0 Å². The molecule has 0 heterocycles. The third kappa shape index (κ3) is 10.0. The van der Waals surface area contributed by atoms with Crippen molar-refractivity contribution in [1.82, 2.24) is 4.90 Å². The molecule has 1 atom stereocenters. The van der Waals surface area contributed by atoms with Crippen LogP contribution in [0.1, 0.15) is 45.4 Å². The lowest BCUT2D eigenvalue weighted by Gasteiger charge is -2.33. The standard InChI is InChI=1S/C16H31Cl2NO5Si/c1-5-14(25(22-2,23-3)24-4)10-13-19(11-6-8-15(17)20)12-7-9-16(18)21/h14H,5-13H2,1-4H3.